The zero-order valence-electron chi connectivity index (χ0n) is 8.76. The maximum Gasteiger partial charge on any atom is 0.0703 e. The minimum Gasteiger partial charge on any atom is -0.389 e. The molecule has 13 heavy (non-hydrogen) atoms. The third-order valence-electron chi connectivity index (χ3n) is 4.39. The fourth-order valence-electron chi connectivity index (χ4n) is 3.61. The number of aliphatic hydroxyl groups is 1. The summed E-state index contributed by atoms with van der Waals surface area (Å²) in [6, 6.07) is 0. The van der Waals surface area contributed by atoms with E-state index in [9.17, 15) is 5.11 Å². The first-order chi connectivity index (χ1) is 6.27. The van der Waals surface area contributed by atoms with Gasteiger partial charge in [0.05, 0.1) is 5.60 Å². The molecule has 0 spiro atoms. The Bertz CT molecular complexity index is 172. The largest absolute Gasteiger partial charge is 0.389 e. The standard InChI is InChI=1S/C12H22O/c1-2-10-8-5-9-12(10,13)11-6-3-4-7-11/h10-11,13H,2-9H2,1H3. The van der Waals surface area contributed by atoms with Gasteiger partial charge in [-0.15, -0.1) is 0 Å². The van der Waals surface area contributed by atoms with Crippen LogP contribution in [0.1, 0.15) is 58.3 Å². The van der Waals surface area contributed by atoms with Crippen LogP contribution in [0, 0.1) is 11.8 Å². The van der Waals surface area contributed by atoms with Crippen LogP contribution in [-0.2, 0) is 0 Å². The van der Waals surface area contributed by atoms with E-state index in [1.165, 1.54) is 44.9 Å². The molecular weight excluding hydrogens is 160 g/mol. The van der Waals surface area contributed by atoms with Crippen molar-refractivity contribution in [1.29, 1.82) is 0 Å². The molecule has 0 aromatic heterocycles. The third kappa shape index (κ3) is 1.52. The van der Waals surface area contributed by atoms with Crippen molar-refractivity contribution in [2.45, 2.75) is 63.9 Å². The molecule has 0 heterocycles. The van der Waals surface area contributed by atoms with E-state index in [1.807, 2.05) is 0 Å². The zero-order chi connectivity index (χ0) is 9.31. The lowest BCUT2D eigenvalue weighted by Gasteiger charge is -2.35. The van der Waals surface area contributed by atoms with Crippen LogP contribution in [0.4, 0.5) is 0 Å². The zero-order valence-corrected chi connectivity index (χ0v) is 8.76. The van der Waals surface area contributed by atoms with E-state index in [4.69, 9.17) is 0 Å². The summed E-state index contributed by atoms with van der Waals surface area (Å²) < 4.78 is 0. The Morgan fingerprint density at radius 2 is 1.85 bits per heavy atom. The highest BCUT2D eigenvalue weighted by Gasteiger charge is 2.46. The van der Waals surface area contributed by atoms with E-state index in [2.05, 4.69) is 6.92 Å². The number of rotatable bonds is 2. The monoisotopic (exact) mass is 182 g/mol. The molecule has 0 bridgehead atoms. The predicted octanol–water partition coefficient (Wildman–Crippen LogP) is 3.12. The summed E-state index contributed by atoms with van der Waals surface area (Å²) in [4.78, 5) is 0. The SMILES string of the molecule is CCC1CCCC1(O)C1CCCC1. The second-order valence-corrected chi connectivity index (χ2v) is 4.97. The molecule has 2 aliphatic carbocycles. The van der Waals surface area contributed by atoms with Crippen molar-refractivity contribution in [3.05, 3.63) is 0 Å². The molecule has 2 rings (SSSR count). The molecule has 0 aromatic rings. The fourth-order valence-corrected chi connectivity index (χ4v) is 3.61. The van der Waals surface area contributed by atoms with Crippen LogP contribution in [0.5, 0.6) is 0 Å². The summed E-state index contributed by atoms with van der Waals surface area (Å²) in [6.45, 7) is 2.23. The fraction of sp³-hybridized carbons (Fsp3) is 1.00. The topological polar surface area (TPSA) is 20.2 Å². The van der Waals surface area contributed by atoms with Crippen LogP contribution in [0.15, 0.2) is 0 Å². The quantitative estimate of drug-likeness (QED) is 0.695. The van der Waals surface area contributed by atoms with Gasteiger partial charge in [-0.25, -0.2) is 0 Å². The summed E-state index contributed by atoms with van der Waals surface area (Å²) in [5.41, 5.74) is -0.259. The van der Waals surface area contributed by atoms with Gasteiger partial charge in [-0.2, -0.15) is 0 Å². The molecule has 2 fully saturated rings. The van der Waals surface area contributed by atoms with Gasteiger partial charge in [-0.05, 0) is 37.5 Å². The maximum absolute atomic E-state index is 10.7. The van der Waals surface area contributed by atoms with Crippen molar-refractivity contribution >= 4 is 0 Å². The lowest BCUT2D eigenvalue weighted by molar-refractivity contribution is -0.0507. The highest BCUT2D eigenvalue weighted by molar-refractivity contribution is 4.98. The van der Waals surface area contributed by atoms with E-state index >= 15 is 0 Å². The second-order valence-electron chi connectivity index (χ2n) is 4.97. The average Bonchev–Trinajstić information content (AvgIpc) is 2.72. The third-order valence-corrected chi connectivity index (χ3v) is 4.39. The van der Waals surface area contributed by atoms with Gasteiger partial charge in [0.25, 0.3) is 0 Å². The lowest BCUT2D eigenvalue weighted by atomic mass is 9.77. The second kappa shape index (κ2) is 3.61. The first-order valence-corrected chi connectivity index (χ1v) is 5.99. The molecule has 2 unspecified atom stereocenters. The average molecular weight is 182 g/mol. The Morgan fingerprint density at radius 3 is 2.46 bits per heavy atom. The molecule has 76 valence electrons. The highest BCUT2D eigenvalue weighted by Crippen LogP contribution is 2.48. The van der Waals surface area contributed by atoms with Gasteiger partial charge in [0.15, 0.2) is 0 Å². The molecule has 1 N–H and O–H groups in total. The van der Waals surface area contributed by atoms with Crippen LogP contribution in [0.2, 0.25) is 0 Å². The van der Waals surface area contributed by atoms with Crippen molar-refractivity contribution in [3.8, 4) is 0 Å². The summed E-state index contributed by atoms with van der Waals surface area (Å²) in [7, 11) is 0. The number of hydrogen-bond donors (Lipinski definition) is 1. The normalized spacial score (nSPS) is 41.5. The van der Waals surface area contributed by atoms with Gasteiger partial charge in [0, 0.05) is 0 Å². The maximum atomic E-state index is 10.7. The summed E-state index contributed by atoms with van der Waals surface area (Å²) in [5, 5.41) is 10.7. The molecule has 0 aliphatic heterocycles. The first-order valence-electron chi connectivity index (χ1n) is 5.99. The summed E-state index contributed by atoms with van der Waals surface area (Å²) in [5.74, 6) is 1.25. The van der Waals surface area contributed by atoms with Gasteiger partial charge in [0.1, 0.15) is 0 Å². The van der Waals surface area contributed by atoms with Crippen LogP contribution in [0.25, 0.3) is 0 Å². The van der Waals surface area contributed by atoms with Crippen LogP contribution < -0.4 is 0 Å². The van der Waals surface area contributed by atoms with Gasteiger partial charge >= 0.3 is 0 Å². The van der Waals surface area contributed by atoms with Gasteiger partial charge in [-0.1, -0.05) is 32.6 Å². The van der Waals surface area contributed by atoms with Crippen LogP contribution in [0.3, 0.4) is 0 Å². The Morgan fingerprint density at radius 1 is 1.15 bits per heavy atom. The van der Waals surface area contributed by atoms with Crippen molar-refractivity contribution in [2.24, 2.45) is 11.8 Å². The van der Waals surface area contributed by atoms with Crippen molar-refractivity contribution in [3.63, 3.8) is 0 Å². The Balaban J connectivity index is 2.07. The van der Waals surface area contributed by atoms with Gasteiger partial charge < -0.3 is 5.11 Å². The Hall–Kier alpha value is -0.0400. The number of hydrogen-bond acceptors (Lipinski definition) is 1. The van der Waals surface area contributed by atoms with Crippen molar-refractivity contribution < 1.29 is 5.11 Å². The van der Waals surface area contributed by atoms with Crippen LogP contribution in [-0.4, -0.2) is 10.7 Å². The van der Waals surface area contributed by atoms with Crippen LogP contribution >= 0.6 is 0 Å². The molecule has 2 aliphatic rings. The smallest absolute Gasteiger partial charge is 0.0703 e. The molecule has 0 radical (unpaired) electrons. The van der Waals surface area contributed by atoms with Crippen molar-refractivity contribution in [1.82, 2.24) is 0 Å². The van der Waals surface area contributed by atoms with E-state index in [0.717, 1.165) is 6.42 Å². The van der Waals surface area contributed by atoms with Gasteiger partial charge in [0.2, 0.25) is 0 Å². The molecule has 1 heteroatoms. The minimum atomic E-state index is -0.259. The predicted molar refractivity (Wildman–Crippen MR) is 54.5 cm³/mol. The molecular formula is C12H22O. The molecule has 0 amide bonds. The van der Waals surface area contributed by atoms with Gasteiger partial charge in [-0.3, -0.25) is 0 Å². The highest BCUT2D eigenvalue weighted by atomic mass is 16.3. The molecule has 1 nitrogen and oxygen atoms in total. The van der Waals surface area contributed by atoms with Crippen molar-refractivity contribution in [2.75, 3.05) is 0 Å². The van der Waals surface area contributed by atoms with E-state index in [-0.39, 0.29) is 5.60 Å². The van der Waals surface area contributed by atoms with E-state index < -0.39 is 0 Å². The summed E-state index contributed by atoms with van der Waals surface area (Å²) >= 11 is 0. The van der Waals surface area contributed by atoms with E-state index in [0.29, 0.717) is 11.8 Å². The Kier molecular flexibility index (Phi) is 2.64. The molecule has 2 saturated carbocycles. The molecule has 0 aromatic carbocycles. The first kappa shape index (κ1) is 9.51. The van der Waals surface area contributed by atoms with E-state index in [1.54, 1.807) is 0 Å². The Labute approximate surface area is 81.5 Å². The summed E-state index contributed by atoms with van der Waals surface area (Å²) in [6.07, 6.45) is 10.0. The lowest BCUT2D eigenvalue weighted by Crippen LogP contribution is -2.40. The molecule has 2 atom stereocenters. The molecule has 0 saturated heterocycles. The minimum absolute atomic E-state index is 0.259.